The van der Waals surface area contributed by atoms with Gasteiger partial charge in [-0.05, 0) is 36.6 Å². The molecule has 1 aliphatic heterocycles. The number of carbonyl (C=O) groups excluding carboxylic acids is 1. The Labute approximate surface area is 151 Å². The van der Waals surface area contributed by atoms with Gasteiger partial charge in [0.25, 0.3) is 5.91 Å². The number of pyridine rings is 1. The van der Waals surface area contributed by atoms with Crippen molar-refractivity contribution >= 4 is 11.7 Å². The molecular weight excluding hydrogens is 330 g/mol. The van der Waals surface area contributed by atoms with E-state index < -0.39 is 0 Å². The largest absolute Gasteiger partial charge is 0.492 e. The highest BCUT2D eigenvalue weighted by molar-refractivity contribution is 6.05. The standard InChI is InChI=1S/C19H19N5O2/c1-13-9-10-24-12-20-23-18(24)15-6-4-8-17(21-15)22-19(25)14-5-2-3-7-16(14)26-11-13/h2-8,12-13H,9-11H2,1H3,(H,21,22,25). The van der Waals surface area contributed by atoms with E-state index in [-0.39, 0.29) is 5.91 Å². The number of ether oxygens (including phenoxy) is 1. The summed E-state index contributed by atoms with van der Waals surface area (Å²) in [5, 5.41) is 11.0. The quantitative estimate of drug-likeness (QED) is 0.675. The van der Waals surface area contributed by atoms with Gasteiger partial charge in [0.2, 0.25) is 0 Å². The van der Waals surface area contributed by atoms with Crippen LogP contribution >= 0.6 is 0 Å². The third-order valence-electron chi connectivity index (χ3n) is 4.35. The van der Waals surface area contributed by atoms with Crippen LogP contribution in [-0.4, -0.2) is 32.3 Å². The minimum absolute atomic E-state index is 0.253. The summed E-state index contributed by atoms with van der Waals surface area (Å²) in [7, 11) is 0. The second kappa shape index (κ2) is 6.95. The summed E-state index contributed by atoms with van der Waals surface area (Å²) in [5.41, 5.74) is 1.17. The number of amides is 1. The van der Waals surface area contributed by atoms with Crippen molar-refractivity contribution in [3.8, 4) is 17.3 Å². The van der Waals surface area contributed by atoms with E-state index in [4.69, 9.17) is 4.74 Å². The van der Waals surface area contributed by atoms with E-state index in [1.54, 1.807) is 18.5 Å². The van der Waals surface area contributed by atoms with Crippen LogP contribution in [0.1, 0.15) is 23.7 Å². The number of benzene rings is 1. The predicted octanol–water partition coefficient (Wildman–Crippen LogP) is 3.01. The summed E-state index contributed by atoms with van der Waals surface area (Å²) in [4.78, 5) is 17.2. The van der Waals surface area contributed by atoms with Gasteiger partial charge in [-0.25, -0.2) is 4.98 Å². The fraction of sp³-hybridized carbons (Fsp3) is 0.263. The van der Waals surface area contributed by atoms with E-state index in [9.17, 15) is 4.79 Å². The second-order valence-electron chi connectivity index (χ2n) is 6.41. The summed E-state index contributed by atoms with van der Waals surface area (Å²) in [6.07, 6.45) is 2.61. The molecule has 0 fully saturated rings. The molecule has 0 radical (unpaired) electrons. The van der Waals surface area contributed by atoms with Crippen LogP contribution in [0.3, 0.4) is 0 Å². The molecule has 1 unspecified atom stereocenters. The minimum Gasteiger partial charge on any atom is -0.492 e. The molecule has 0 saturated carbocycles. The smallest absolute Gasteiger partial charge is 0.260 e. The lowest BCUT2D eigenvalue weighted by molar-refractivity contribution is 0.102. The molecule has 1 N–H and O–H groups in total. The Morgan fingerprint density at radius 3 is 3.00 bits per heavy atom. The van der Waals surface area contributed by atoms with Gasteiger partial charge in [-0.1, -0.05) is 25.1 Å². The van der Waals surface area contributed by atoms with Crippen LogP contribution in [-0.2, 0) is 6.54 Å². The van der Waals surface area contributed by atoms with E-state index in [0.29, 0.717) is 41.2 Å². The van der Waals surface area contributed by atoms with Gasteiger partial charge >= 0.3 is 0 Å². The summed E-state index contributed by atoms with van der Waals surface area (Å²) in [5.74, 6) is 1.78. The maximum atomic E-state index is 12.7. The molecule has 0 saturated heterocycles. The molecular formula is C19H19N5O2. The van der Waals surface area contributed by atoms with Gasteiger partial charge in [0, 0.05) is 6.54 Å². The van der Waals surface area contributed by atoms with Gasteiger partial charge < -0.3 is 14.6 Å². The number of rotatable bonds is 0. The van der Waals surface area contributed by atoms with Crippen LogP contribution in [0.4, 0.5) is 5.82 Å². The molecule has 1 amide bonds. The third-order valence-corrected chi connectivity index (χ3v) is 4.35. The molecule has 0 spiro atoms. The van der Waals surface area contributed by atoms with Gasteiger partial charge in [-0.2, -0.15) is 0 Å². The fourth-order valence-electron chi connectivity index (χ4n) is 2.88. The minimum atomic E-state index is -0.253. The number of aryl methyl sites for hydroxylation is 1. The first-order valence-electron chi connectivity index (χ1n) is 8.59. The number of nitrogens with zero attached hydrogens (tertiary/aromatic N) is 4. The fourth-order valence-corrected chi connectivity index (χ4v) is 2.88. The van der Waals surface area contributed by atoms with Crippen LogP contribution in [0.5, 0.6) is 5.75 Å². The Bertz CT molecular complexity index is 937. The van der Waals surface area contributed by atoms with E-state index in [0.717, 1.165) is 13.0 Å². The molecule has 2 bridgehead atoms. The van der Waals surface area contributed by atoms with Crippen LogP contribution in [0.15, 0.2) is 48.8 Å². The molecule has 26 heavy (non-hydrogen) atoms. The van der Waals surface area contributed by atoms with Gasteiger partial charge in [0.1, 0.15) is 23.6 Å². The number of carbonyl (C=O) groups is 1. The summed E-state index contributed by atoms with van der Waals surface area (Å²) in [6.45, 7) is 3.43. The lowest BCUT2D eigenvalue weighted by Gasteiger charge is -2.17. The Morgan fingerprint density at radius 2 is 2.08 bits per heavy atom. The maximum absolute atomic E-state index is 12.7. The lowest BCUT2D eigenvalue weighted by Crippen LogP contribution is -2.18. The van der Waals surface area contributed by atoms with Crippen LogP contribution in [0.2, 0.25) is 0 Å². The average Bonchev–Trinajstić information content (AvgIpc) is 3.13. The van der Waals surface area contributed by atoms with Gasteiger partial charge in [-0.15, -0.1) is 10.2 Å². The lowest BCUT2D eigenvalue weighted by atomic mass is 10.1. The van der Waals surface area contributed by atoms with Gasteiger partial charge in [0.15, 0.2) is 5.82 Å². The number of anilines is 1. The van der Waals surface area contributed by atoms with Crippen molar-refractivity contribution in [1.29, 1.82) is 0 Å². The highest BCUT2D eigenvalue weighted by Crippen LogP contribution is 2.23. The van der Waals surface area contributed by atoms with Gasteiger partial charge in [-0.3, -0.25) is 4.79 Å². The molecule has 1 aromatic carbocycles. The third kappa shape index (κ3) is 3.28. The topological polar surface area (TPSA) is 81.9 Å². The number of aromatic nitrogens is 4. The Hall–Kier alpha value is -3.22. The first-order valence-corrected chi connectivity index (χ1v) is 8.59. The van der Waals surface area contributed by atoms with Crippen molar-refractivity contribution in [1.82, 2.24) is 19.7 Å². The molecule has 1 atom stereocenters. The van der Waals surface area contributed by atoms with E-state index in [2.05, 4.69) is 27.4 Å². The van der Waals surface area contributed by atoms with E-state index in [1.165, 1.54) is 0 Å². The molecule has 0 aliphatic carbocycles. The molecule has 132 valence electrons. The number of fused-ring (bicyclic) bond motifs is 5. The molecule has 7 heteroatoms. The number of para-hydroxylation sites is 1. The first kappa shape index (κ1) is 16.3. The average molecular weight is 349 g/mol. The summed E-state index contributed by atoms with van der Waals surface area (Å²) in [6, 6.07) is 12.7. The number of hydrogen-bond acceptors (Lipinski definition) is 5. The van der Waals surface area contributed by atoms with Gasteiger partial charge in [0.05, 0.1) is 12.2 Å². The zero-order valence-electron chi connectivity index (χ0n) is 14.4. The summed E-state index contributed by atoms with van der Waals surface area (Å²) < 4.78 is 7.89. The van der Waals surface area contributed by atoms with Crippen LogP contribution in [0, 0.1) is 5.92 Å². The highest BCUT2D eigenvalue weighted by Gasteiger charge is 2.17. The maximum Gasteiger partial charge on any atom is 0.260 e. The molecule has 2 aromatic heterocycles. The van der Waals surface area contributed by atoms with Crippen molar-refractivity contribution in [3.05, 3.63) is 54.4 Å². The molecule has 3 heterocycles. The van der Waals surface area contributed by atoms with Crippen molar-refractivity contribution in [2.75, 3.05) is 11.9 Å². The van der Waals surface area contributed by atoms with Crippen molar-refractivity contribution in [3.63, 3.8) is 0 Å². The predicted molar refractivity (Wildman–Crippen MR) is 96.9 cm³/mol. The number of nitrogens with one attached hydrogen (secondary N) is 1. The van der Waals surface area contributed by atoms with Crippen LogP contribution < -0.4 is 10.1 Å². The first-order chi connectivity index (χ1) is 12.7. The van der Waals surface area contributed by atoms with Crippen molar-refractivity contribution in [2.45, 2.75) is 19.9 Å². The zero-order chi connectivity index (χ0) is 17.9. The monoisotopic (exact) mass is 349 g/mol. The van der Waals surface area contributed by atoms with Crippen molar-refractivity contribution < 1.29 is 9.53 Å². The van der Waals surface area contributed by atoms with Crippen molar-refractivity contribution in [2.24, 2.45) is 5.92 Å². The van der Waals surface area contributed by atoms with E-state index in [1.807, 2.05) is 34.9 Å². The highest BCUT2D eigenvalue weighted by atomic mass is 16.5. The Balaban J connectivity index is 1.75. The molecule has 7 nitrogen and oxygen atoms in total. The second-order valence-corrected chi connectivity index (χ2v) is 6.41. The van der Waals surface area contributed by atoms with Crippen LogP contribution in [0.25, 0.3) is 11.5 Å². The SMILES string of the molecule is CC1CCn2cnnc2-c2cccc(n2)NC(=O)c2ccccc2OC1. The molecule has 3 aromatic rings. The molecule has 1 aliphatic rings. The Morgan fingerprint density at radius 1 is 1.19 bits per heavy atom. The number of hydrogen-bond donors (Lipinski definition) is 1. The summed E-state index contributed by atoms with van der Waals surface area (Å²) >= 11 is 0. The molecule has 4 rings (SSSR count). The normalized spacial score (nSPS) is 17.3. The van der Waals surface area contributed by atoms with E-state index >= 15 is 0 Å². The Kier molecular flexibility index (Phi) is 4.35. The zero-order valence-corrected chi connectivity index (χ0v) is 14.4.